The van der Waals surface area contributed by atoms with Crippen LogP contribution in [0, 0.1) is 11.3 Å². The second kappa shape index (κ2) is 5.66. The van der Waals surface area contributed by atoms with E-state index in [0.717, 1.165) is 16.8 Å². The number of hydrogen-bond acceptors (Lipinski definition) is 3. The largest absolute Gasteiger partial charge is 0.508 e. The maximum absolute atomic E-state index is 9.23. The molecule has 0 aliphatic rings. The summed E-state index contributed by atoms with van der Waals surface area (Å²) < 4.78 is 0. The number of phenolic OH excluding ortho intramolecular Hbond substituents is 1. The number of aromatic hydroxyl groups is 1. The van der Waals surface area contributed by atoms with Gasteiger partial charge in [0, 0.05) is 12.2 Å². The molecule has 0 spiro atoms. The lowest BCUT2D eigenvalue weighted by Gasteiger charge is -2.16. The fraction of sp³-hybridized carbons (Fsp3) is 0.235. The molecule has 0 saturated carbocycles. The molecule has 0 unspecified atom stereocenters. The van der Waals surface area contributed by atoms with Gasteiger partial charge in [-0.15, -0.1) is 0 Å². The molecule has 0 aliphatic heterocycles. The second-order valence-corrected chi connectivity index (χ2v) is 5.33. The summed E-state index contributed by atoms with van der Waals surface area (Å²) in [5, 5.41) is 21.6. The van der Waals surface area contributed by atoms with E-state index in [1.165, 1.54) is 0 Å². The third kappa shape index (κ3) is 3.30. The van der Waals surface area contributed by atoms with Gasteiger partial charge >= 0.3 is 0 Å². The Balaban J connectivity index is 2.01. The van der Waals surface area contributed by atoms with Crippen molar-refractivity contribution in [2.24, 2.45) is 0 Å². The molecule has 102 valence electrons. The van der Waals surface area contributed by atoms with E-state index in [9.17, 15) is 5.11 Å². The topological polar surface area (TPSA) is 56.0 Å². The second-order valence-electron chi connectivity index (χ2n) is 5.33. The SMILES string of the molecule is CC(C)(C#N)c1ccc(NCc2ccc(O)cc2)cc1. The Hall–Kier alpha value is -2.47. The van der Waals surface area contributed by atoms with E-state index in [0.29, 0.717) is 6.54 Å². The standard InChI is InChI=1S/C17H18N2O/c1-17(2,12-18)14-5-7-15(8-6-14)19-11-13-3-9-16(20)10-4-13/h3-10,19-20H,11H2,1-2H3. The summed E-state index contributed by atoms with van der Waals surface area (Å²) in [4.78, 5) is 0. The summed E-state index contributed by atoms with van der Waals surface area (Å²) in [6, 6.07) is 17.3. The molecule has 0 aromatic heterocycles. The summed E-state index contributed by atoms with van der Waals surface area (Å²) in [7, 11) is 0. The summed E-state index contributed by atoms with van der Waals surface area (Å²) in [6.45, 7) is 4.51. The maximum Gasteiger partial charge on any atom is 0.115 e. The third-order valence-corrected chi connectivity index (χ3v) is 3.32. The van der Waals surface area contributed by atoms with Crippen molar-refractivity contribution in [1.29, 1.82) is 5.26 Å². The minimum Gasteiger partial charge on any atom is -0.508 e. The zero-order valence-electron chi connectivity index (χ0n) is 11.7. The molecule has 2 rings (SSSR count). The highest BCUT2D eigenvalue weighted by Crippen LogP contribution is 2.23. The van der Waals surface area contributed by atoms with Gasteiger partial charge in [-0.05, 0) is 49.2 Å². The molecule has 2 aromatic carbocycles. The average Bonchev–Trinajstić information content (AvgIpc) is 2.47. The van der Waals surface area contributed by atoms with Crippen LogP contribution < -0.4 is 5.32 Å². The molecule has 0 saturated heterocycles. The number of rotatable bonds is 4. The van der Waals surface area contributed by atoms with Gasteiger partial charge in [0.25, 0.3) is 0 Å². The predicted octanol–water partition coefficient (Wildman–Crippen LogP) is 3.81. The van der Waals surface area contributed by atoms with Crippen molar-refractivity contribution >= 4 is 5.69 Å². The molecule has 3 heteroatoms. The van der Waals surface area contributed by atoms with Crippen LogP contribution in [0.15, 0.2) is 48.5 Å². The van der Waals surface area contributed by atoms with Crippen LogP contribution in [0.4, 0.5) is 5.69 Å². The predicted molar refractivity (Wildman–Crippen MR) is 80.5 cm³/mol. The number of nitrogens with zero attached hydrogens (tertiary/aromatic N) is 1. The van der Waals surface area contributed by atoms with Crippen molar-refractivity contribution in [2.75, 3.05) is 5.32 Å². The Morgan fingerprint density at radius 2 is 1.65 bits per heavy atom. The van der Waals surface area contributed by atoms with E-state index >= 15 is 0 Å². The Bertz CT molecular complexity index is 607. The molecule has 20 heavy (non-hydrogen) atoms. The van der Waals surface area contributed by atoms with Crippen LogP contribution in [0.5, 0.6) is 5.75 Å². The monoisotopic (exact) mass is 266 g/mol. The van der Waals surface area contributed by atoms with E-state index in [1.807, 2.05) is 50.2 Å². The van der Waals surface area contributed by atoms with E-state index in [4.69, 9.17) is 5.26 Å². The first-order valence-corrected chi connectivity index (χ1v) is 6.55. The highest BCUT2D eigenvalue weighted by atomic mass is 16.3. The number of phenols is 1. The molecule has 0 fully saturated rings. The fourth-order valence-electron chi connectivity index (χ4n) is 1.89. The number of anilines is 1. The smallest absolute Gasteiger partial charge is 0.115 e. The van der Waals surface area contributed by atoms with Crippen molar-refractivity contribution in [3.63, 3.8) is 0 Å². The normalized spacial score (nSPS) is 10.8. The number of nitriles is 1. The number of hydrogen-bond donors (Lipinski definition) is 2. The quantitative estimate of drug-likeness (QED) is 0.884. The van der Waals surface area contributed by atoms with Crippen molar-refractivity contribution in [3.8, 4) is 11.8 Å². The minimum absolute atomic E-state index is 0.275. The Morgan fingerprint density at radius 1 is 1.05 bits per heavy atom. The first-order chi connectivity index (χ1) is 9.51. The lowest BCUT2D eigenvalue weighted by molar-refractivity contribution is 0.475. The highest BCUT2D eigenvalue weighted by Gasteiger charge is 2.18. The molecular weight excluding hydrogens is 248 g/mol. The van der Waals surface area contributed by atoms with Gasteiger partial charge in [0.15, 0.2) is 0 Å². The zero-order valence-corrected chi connectivity index (χ0v) is 11.7. The van der Waals surface area contributed by atoms with Gasteiger partial charge in [-0.25, -0.2) is 0 Å². The lowest BCUT2D eigenvalue weighted by Crippen LogP contribution is -2.13. The number of benzene rings is 2. The van der Waals surface area contributed by atoms with E-state index in [1.54, 1.807) is 12.1 Å². The zero-order chi connectivity index (χ0) is 14.6. The Kier molecular flexibility index (Phi) is 3.95. The summed E-state index contributed by atoms with van der Waals surface area (Å²) >= 11 is 0. The maximum atomic E-state index is 9.23. The molecule has 0 bridgehead atoms. The number of nitrogens with one attached hydrogen (secondary N) is 1. The fourth-order valence-corrected chi connectivity index (χ4v) is 1.89. The summed E-state index contributed by atoms with van der Waals surface area (Å²) in [5.41, 5.74) is 2.66. The van der Waals surface area contributed by atoms with Gasteiger partial charge in [-0.1, -0.05) is 24.3 Å². The molecule has 0 amide bonds. The summed E-state index contributed by atoms with van der Waals surface area (Å²) in [5.74, 6) is 0.275. The van der Waals surface area contributed by atoms with Gasteiger partial charge < -0.3 is 10.4 Å². The van der Waals surface area contributed by atoms with Gasteiger partial charge in [-0.2, -0.15) is 5.26 Å². The van der Waals surface area contributed by atoms with Crippen LogP contribution >= 0.6 is 0 Å². The molecule has 0 atom stereocenters. The molecule has 0 radical (unpaired) electrons. The molecule has 2 aromatic rings. The highest BCUT2D eigenvalue weighted by molar-refractivity contribution is 5.47. The van der Waals surface area contributed by atoms with Crippen LogP contribution in [-0.4, -0.2) is 5.11 Å². The van der Waals surface area contributed by atoms with Gasteiger partial charge in [0.1, 0.15) is 5.75 Å². The minimum atomic E-state index is -0.463. The molecule has 2 N–H and O–H groups in total. The van der Waals surface area contributed by atoms with Crippen LogP contribution in [0.2, 0.25) is 0 Å². The molecule has 0 aliphatic carbocycles. The molecule has 0 heterocycles. The Morgan fingerprint density at radius 3 is 2.20 bits per heavy atom. The lowest BCUT2D eigenvalue weighted by atomic mass is 9.86. The first kappa shape index (κ1) is 14.0. The summed E-state index contributed by atoms with van der Waals surface area (Å²) in [6.07, 6.45) is 0. The van der Waals surface area contributed by atoms with Gasteiger partial charge in [0.2, 0.25) is 0 Å². The van der Waals surface area contributed by atoms with Crippen LogP contribution in [0.25, 0.3) is 0 Å². The van der Waals surface area contributed by atoms with E-state index in [2.05, 4.69) is 11.4 Å². The van der Waals surface area contributed by atoms with Crippen molar-refractivity contribution in [2.45, 2.75) is 25.8 Å². The molecule has 3 nitrogen and oxygen atoms in total. The van der Waals surface area contributed by atoms with E-state index < -0.39 is 5.41 Å². The van der Waals surface area contributed by atoms with Gasteiger partial charge in [0.05, 0.1) is 11.5 Å². The van der Waals surface area contributed by atoms with E-state index in [-0.39, 0.29) is 5.75 Å². The van der Waals surface area contributed by atoms with Crippen molar-refractivity contribution in [1.82, 2.24) is 0 Å². The molecular formula is C17H18N2O. The van der Waals surface area contributed by atoms with Crippen LogP contribution in [0.3, 0.4) is 0 Å². The Labute approximate surface area is 119 Å². The van der Waals surface area contributed by atoms with Crippen molar-refractivity contribution in [3.05, 3.63) is 59.7 Å². The third-order valence-electron chi connectivity index (χ3n) is 3.32. The van der Waals surface area contributed by atoms with Gasteiger partial charge in [-0.3, -0.25) is 0 Å². The first-order valence-electron chi connectivity index (χ1n) is 6.55. The van der Waals surface area contributed by atoms with Crippen LogP contribution in [0.1, 0.15) is 25.0 Å². The average molecular weight is 266 g/mol. The van der Waals surface area contributed by atoms with Crippen LogP contribution in [-0.2, 0) is 12.0 Å². The van der Waals surface area contributed by atoms with Crippen molar-refractivity contribution < 1.29 is 5.11 Å².